The molecule has 0 aromatic heterocycles. The Morgan fingerprint density at radius 1 is 1.09 bits per heavy atom. The zero-order valence-electron chi connectivity index (χ0n) is 17.6. The third kappa shape index (κ3) is 5.50. The molecule has 1 N–H and O–H groups in total. The molecule has 172 valence electrons. The lowest BCUT2D eigenvalue weighted by Gasteiger charge is -2.24. The number of nitrogens with one attached hydrogen (secondary N) is 1. The van der Waals surface area contributed by atoms with Crippen molar-refractivity contribution >= 4 is 17.5 Å². The van der Waals surface area contributed by atoms with Crippen LogP contribution < -0.4 is 14.8 Å². The van der Waals surface area contributed by atoms with E-state index in [4.69, 9.17) is 14.2 Å². The van der Waals surface area contributed by atoms with Gasteiger partial charge in [0.1, 0.15) is 29.9 Å². The van der Waals surface area contributed by atoms with E-state index in [1.54, 1.807) is 12.1 Å². The molecular weight excluding hydrogens is 429 g/mol. The number of hydrogen-bond acceptors (Lipinski definition) is 5. The molecule has 0 saturated carbocycles. The number of ether oxygens (including phenoxy) is 3. The summed E-state index contributed by atoms with van der Waals surface area (Å²) in [4.78, 5) is 26.5. The van der Waals surface area contributed by atoms with Crippen LogP contribution >= 0.6 is 0 Å². The van der Waals surface area contributed by atoms with Crippen molar-refractivity contribution in [1.29, 1.82) is 0 Å². The average molecular weight is 452 g/mol. The van der Waals surface area contributed by atoms with E-state index in [1.165, 1.54) is 37.3 Å². The number of carbonyl (C=O) groups excluding carboxylic acids is 2. The lowest BCUT2D eigenvalue weighted by Crippen LogP contribution is -2.44. The maximum Gasteiger partial charge on any atom is 0.416 e. The molecule has 2 aromatic rings. The van der Waals surface area contributed by atoms with Crippen LogP contribution in [0.4, 0.5) is 18.9 Å². The number of methoxy groups -OCH3 is 2. The minimum absolute atomic E-state index is 0.108. The maximum absolute atomic E-state index is 12.9. The Morgan fingerprint density at radius 3 is 2.41 bits per heavy atom. The van der Waals surface area contributed by atoms with Gasteiger partial charge in [0.2, 0.25) is 11.8 Å². The monoisotopic (exact) mass is 452 g/mol. The summed E-state index contributed by atoms with van der Waals surface area (Å²) in [5.41, 5.74) is -0.468. The van der Waals surface area contributed by atoms with Crippen molar-refractivity contribution in [3.05, 3.63) is 48.0 Å². The topological polar surface area (TPSA) is 77.1 Å². The number of nitrogens with zero attached hydrogens (tertiary/aromatic N) is 1. The van der Waals surface area contributed by atoms with Crippen molar-refractivity contribution in [2.24, 2.45) is 0 Å². The quantitative estimate of drug-likeness (QED) is 0.685. The predicted octanol–water partition coefficient (Wildman–Crippen LogP) is 4.08. The lowest BCUT2D eigenvalue weighted by molar-refractivity contribution is -0.139. The zero-order valence-corrected chi connectivity index (χ0v) is 17.6. The van der Waals surface area contributed by atoms with Gasteiger partial charge < -0.3 is 24.4 Å². The highest BCUT2D eigenvalue weighted by Gasteiger charge is 2.34. The van der Waals surface area contributed by atoms with Gasteiger partial charge in [-0.15, -0.1) is 0 Å². The van der Waals surface area contributed by atoms with Gasteiger partial charge in [-0.2, -0.15) is 13.2 Å². The van der Waals surface area contributed by atoms with Gasteiger partial charge in [0.05, 0.1) is 18.4 Å². The van der Waals surface area contributed by atoms with Crippen LogP contribution in [0.25, 0.3) is 0 Å². The summed E-state index contributed by atoms with van der Waals surface area (Å²) in [6.07, 6.45) is -3.22. The minimum Gasteiger partial charge on any atom is -0.495 e. The van der Waals surface area contributed by atoms with Crippen molar-refractivity contribution in [3.8, 4) is 17.2 Å². The van der Waals surface area contributed by atoms with Crippen molar-refractivity contribution in [2.45, 2.75) is 25.1 Å². The van der Waals surface area contributed by atoms with E-state index in [0.717, 1.165) is 12.1 Å². The molecule has 10 heteroatoms. The molecule has 1 heterocycles. The van der Waals surface area contributed by atoms with Crippen molar-refractivity contribution < 1.29 is 37.0 Å². The molecule has 32 heavy (non-hydrogen) atoms. The van der Waals surface area contributed by atoms with Crippen LogP contribution in [0.1, 0.15) is 18.4 Å². The van der Waals surface area contributed by atoms with E-state index in [0.29, 0.717) is 36.6 Å². The molecule has 2 amide bonds. The number of anilines is 1. The molecule has 2 aromatic carbocycles. The number of carbonyl (C=O) groups is 2. The number of alkyl halides is 3. The van der Waals surface area contributed by atoms with Crippen LogP contribution in [-0.2, 0) is 20.5 Å². The lowest BCUT2D eigenvalue weighted by atomic mass is 10.2. The SMILES string of the molecule is COCC(=O)N1CCC[C@H]1C(=O)Nc1cc(Oc2ccc(C(F)(F)F)cc2)ccc1OC. The van der Waals surface area contributed by atoms with Crippen LogP contribution in [0.5, 0.6) is 17.2 Å². The average Bonchev–Trinajstić information content (AvgIpc) is 3.24. The molecule has 0 unspecified atom stereocenters. The number of amides is 2. The summed E-state index contributed by atoms with van der Waals surface area (Å²) >= 11 is 0. The Hall–Kier alpha value is -3.27. The number of hydrogen-bond donors (Lipinski definition) is 1. The highest BCUT2D eigenvalue weighted by atomic mass is 19.4. The fourth-order valence-electron chi connectivity index (χ4n) is 3.46. The molecule has 1 aliphatic rings. The van der Waals surface area contributed by atoms with Gasteiger partial charge in [0, 0.05) is 19.7 Å². The normalized spacial score (nSPS) is 16.0. The van der Waals surface area contributed by atoms with E-state index in [1.807, 2.05) is 0 Å². The first kappa shape index (κ1) is 23.4. The summed E-state index contributed by atoms with van der Waals surface area (Å²) in [5.74, 6) is 0.214. The number of likely N-dealkylation sites (tertiary alicyclic amines) is 1. The molecule has 0 aliphatic carbocycles. The van der Waals surface area contributed by atoms with Gasteiger partial charge in [-0.25, -0.2) is 0 Å². The molecular formula is C22H23F3N2O5. The van der Waals surface area contributed by atoms with Gasteiger partial charge in [-0.05, 0) is 49.2 Å². The molecule has 1 saturated heterocycles. The van der Waals surface area contributed by atoms with Crippen LogP contribution in [0.3, 0.4) is 0 Å². The minimum atomic E-state index is -4.44. The second kappa shape index (κ2) is 9.90. The third-order valence-corrected chi connectivity index (χ3v) is 4.99. The van der Waals surface area contributed by atoms with E-state index >= 15 is 0 Å². The highest BCUT2D eigenvalue weighted by molar-refractivity contribution is 5.98. The van der Waals surface area contributed by atoms with Crippen LogP contribution in [0, 0.1) is 0 Å². The first-order valence-electron chi connectivity index (χ1n) is 9.85. The molecule has 1 aliphatic heterocycles. The van der Waals surface area contributed by atoms with Crippen LogP contribution in [0.2, 0.25) is 0 Å². The Labute approximate surface area is 183 Å². The Kier molecular flexibility index (Phi) is 7.24. The number of rotatable bonds is 7. The molecule has 1 atom stereocenters. The van der Waals surface area contributed by atoms with Crippen molar-refractivity contribution in [1.82, 2.24) is 4.90 Å². The molecule has 1 fully saturated rings. The van der Waals surface area contributed by atoms with Crippen LogP contribution in [0.15, 0.2) is 42.5 Å². The van der Waals surface area contributed by atoms with Crippen molar-refractivity contribution in [2.75, 3.05) is 32.7 Å². The van der Waals surface area contributed by atoms with Gasteiger partial charge in [0.15, 0.2) is 0 Å². The summed E-state index contributed by atoms with van der Waals surface area (Å²) < 4.78 is 54.0. The summed E-state index contributed by atoms with van der Waals surface area (Å²) in [7, 11) is 2.85. The van der Waals surface area contributed by atoms with Crippen molar-refractivity contribution in [3.63, 3.8) is 0 Å². The Balaban J connectivity index is 1.75. The molecule has 7 nitrogen and oxygen atoms in total. The smallest absolute Gasteiger partial charge is 0.416 e. The van der Waals surface area contributed by atoms with E-state index in [9.17, 15) is 22.8 Å². The second-order valence-electron chi connectivity index (χ2n) is 7.15. The maximum atomic E-state index is 12.9. The number of halogens is 3. The molecule has 0 bridgehead atoms. The zero-order chi connectivity index (χ0) is 23.3. The fraction of sp³-hybridized carbons (Fsp3) is 0.364. The third-order valence-electron chi connectivity index (χ3n) is 4.99. The Morgan fingerprint density at radius 2 is 1.78 bits per heavy atom. The second-order valence-corrected chi connectivity index (χ2v) is 7.15. The van der Waals surface area contributed by atoms with E-state index in [2.05, 4.69) is 5.32 Å². The summed E-state index contributed by atoms with van der Waals surface area (Å²) in [5, 5.41) is 2.76. The van der Waals surface area contributed by atoms with Gasteiger partial charge in [-0.1, -0.05) is 0 Å². The van der Waals surface area contributed by atoms with Crippen LogP contribution in [-0.4, -0.2) is 50.1 Å². The number of benzene rings is 2. The largest absolute Gasteiger partial charge is 0.495 e. The van der Waals surface area contributed by atoms with E-state index < -0.39 is 17.8 Å². The first-order chi connectivity index (χ1) is 15.2. The predicted molar refractivity (Wildman–Crippen MR) is 110 cm³/mol. The van der Waals surface area contributed by atoms with E-state index in [-0.39, 0.29) is 24.2 Å². The first-order valence-corrected chi connectivity index (χ1v) is 9.85. The summed E-state index contributed by atoms with van der Waals surface area (Å²) in [6.45, 7) is 0.359. The van der Waals surface area contributed by atoms with Gasteiger partial charge in [-0.3, -0.25) is 9.59 Å². The Bertz CT molecular complexity index is 963. The van der Waals surface area contributed by atoms with Gasteiger partial charge >= 0.3 is 6.18 Å². The fourth-order valence-corrected chi connectivity index (χ4v) is 3.46. The standard InChI is InChI=1S/C22H23F3N2O5/c1-30-13-20(28)27-11-3-4-18(27)21(29)26-17-12-16(9-10-19(17)31-2)32-15-7-5-14(6-8-15)22(23,24)25/h5-10,12,18H,3-4,11,13H2,1-2H3,(H,26,29)/t18-/m0/s1. The highest BCUT2D eigenvalue weighted by Crippen LogP contribution is 2.34. The molecule has 0 radical (unpaired) electrons. The van der Waals surface area contributed by atoms with Gasteiger partial charge in [0.25, 0.3) is 0 Å². The molecule has 3 rings (SSSR count). The summed E-state index contributed by atoms with van der Waals surface area (Å²) in [6, 6.07) is 8.27. The molecule has 0 spiro atoms.